The van der Waals surface area contributed by atoms with Gasteiger partial charge in [-0.25, -0.2) is 4.39 Å². The smallest absolute Gasteiger partial charge is 0.248 e. The van der Waals surface area contributed by atoms with Crippen molar-refractivity contribution < 1.29 is 9.18 Å². The summed E-state index contributed by atoms with van der Waals surface area (Å²) in [5, 5.41) is 3.58. The molecular weight excluding hydrogens is 257 g/mol. The van der Waals surface area contributed by atoms with Crippen molar-refractivity contribution in [2.24, 2.45) is 5.73 Å². The number of halogens is 1. The van der Waals surface area contributed by atoms with Gasteiger partial charge in [-0.1, -0.05) is 0 Å². The van der Waals surface area contributed by atoms with Gasteiger partial charge in [-0.05, 0) is 43.9 Å². The number of benzene rings is 1. The minimum absolute atomic E-state index is 0.213. The Balaban J connectivity index is 1.80. The minimum atomic E-state index is -0.599. The van der Waals surface area contributed by atoms with E-state index in [0.29, 0.717) is 23.8 Å². The number of nitrogens with zero attached hydrogens (tertiary/aromatic N) is 1. The number of rotatable bonds is 3. The SMILES string of the molecule is CN(c1ccc(C(N)=O)cc1F)C1CC2CCC(C1)N2. The van der Waals surface area contributed by atoms with Gasteiger partial charge in [0.2, 0.25) is 5.91 Å². The monoisotopic (exact) mass is 277 g/mol. The quantitative estimate of drug-likeness (QED) is 0.883. The van der Waals surface area contributed by atoms with E-state index >= 15 is 0 Å². The first kappa shape index (κ1) is 13.4. The van der Waals surface area contributed by atoms with E-state index in [1.165, 1.54) is 18.9 Å². The van der Waals surface area contributed by atoms with Crippen LogP contribution in [0.1, 0.15) is 36.0 Å². The maximum Gasteiger partial charge on any atom is 0.248 e. The van der Waals surface area contributed by atoms with Crippen LogP contribution in [0.25, 0.3) is 0 Å². The average Bonchev–Trinajstić information content (AvgIpc) is 2.76. The Morgan fingerprint density at radius 2 is 2.00 bits per heavy atom. The molecule has 2 heterocycles. The molecule has 0 saturated carbocycles. The number of nitrogens with two attached hydrogens (primary N) is 1. The van der Waals surface area contributed by atoms with Crippen LogP contribution in [-0.2, 0) is 0 Å². The second-order valence-corrected chi connectivity index (χ2v) is 5.90. The highest BCUT2D eigenvalue weighted by Crippen LogP contribution is 2.32. The van der Waals surface area contributed by atoms with Crippen molar-refractivity contribution in [3.05, 3.63) is 29.6 Å². The second kappa shape index (κ2) is 5.05. The van der Waals surface area contributed by atoms with Crippen LogP contribution in [0.4, 0.5) is 10.1 Å². The summed E-state index contributed by atoms with van der Waals surface area (Å²) in [6.07, 6.45) is 4.53. The second-order valence-electron chi connectivity index (χ2n) is 5.90. The zero-order valence-electron chi connectivity index (χ0n) is 11.6. The van der Waals surface area contributed by atoms with Crippen LogP contribution in [-0.4, -0.2) is 31.1 Å². The van der Waals surface area contributed by atoms with Crippen molar-refractivity contribution in [1.29, 1.82) is 0 Å². The molecule has 2 unspecified atom stereocenters. The Morgan fingerprint density at radius 1 is 1.35 bits per heavy atom. The van der Waals surface area contributed by atoms with Gasteiger partial charge >= 0.3 is 0 Å². The zero-order chi connectivity index (χ0) is 14.3. The van der Waals surface area contributed by atoms with E-state index in [0.717, 1.165) is 12.8 Å². The molecule has 1 amide bonds. The number of anilines is 1. The summed E-state index contributed by atoms with van der Waals surface area (Å²) in [6.45, 7) is 0. The number of nitrogens with one attached hydrogen (secondary N) is 1. The topological polar surface area (TPSA) is 58.4 Å². The van der Waals surface area contributed by atoms with E-state index < -0.39 is 5.91 Å². The van der Waals surface area contributed by atoms with Crippen LogP contribution in [0.15, 0.2) is 18.2 Å². The van der Waals surface area contributed by atoms with Crippen LogP contribution in [0.3, 0.4) is 0 Å². The summed E-state index contributed by atoms with van der Waals surface area (Å²) in [6, 6.07) is 5.95. The molecule has 20 heavy (non-hydrogen) atoms. The Kier molecular flexibility index (Phi) is 3.38. The van der Waals surface area contributed by atoms with Crippen molar-refractivity contribution in [2.45, 2.75) is 43.8 Å². The lowest BCUT2D eigenvalue weighted by Gasteiger charge is -2.37. The molecule has 2 bridgehead atoms. The van der Waals surface area contributed by atoms with Gasteiger partial charge in [0.1, 0.15) is 5.82 Å². The van der Waals surface area contributed by atoms with E-state index in [1.807, 2.05) is 11.9 Å². The van der Waals surface area contributed by atoms with Gasteiger partial charge in [0.25, 0.3) is 0 Å². The van der Waals surface area contributed by atoms with Gasteiger partial charge in [0, 0.05) is 30.7 Å². The Hall–Kier alpha value is -1.62. The third kappa shape index (κ3) is 2.38. The Labute approximate surface area is 118 Å². The fourth-order valence-corrected chi connectivity index (χ4v) is 3.49. The lowest BCUT2D eigenvalue weighted by Crippen LogP contribution is -2.47. The molecule has 1 aromatic carbocycles. The third-order valence-electron chi connectivity index (χ3n) is 4.61. The number of piperidine rings is 1. The van der Waals surface area contributed by atoms with Gasteiger partial charge in [-0.15, -0.1) is 0 Å². The number of amides is 1. The largest absolute Gasteiger partial charge is 0.369 e. The van der Waals surface area contributed by atoms with Gasteiger partial charge in [0.05, 0.1) is 5.69 Å². The number of hydrogen-bond donors (Lipinski definition) is 2. The van der Waals surface area contributed by atoms with Crippen molar-refractivity contribution in [3.63, 3.8) is 0 Å². The molecule has 108 valence electrons. The van der Waals surface area contributed by atoms with Crippen molar-refractivity contribution in [3.8, 4) is 0 Å². The van der Waals surface area contributed by atoms with E-state index in [-0.39, 0.29) is 11.4 Å². The zero-order valence-corrected chi connectivity index (χ0v) is 11.6. The molecule has 0 aliphatic carbocycles. The van der Waals surface area contributed by atoms with Crippen LogP contribution in [0.2, 0.25) is 0 Å². The molecule has 2 saturated heterocycles. The summed E-state index contributed by atoms with van der Waals surface area (Å²) >= 11 is 0. The number of primary amides is 1. The first-order valence-electron chi connectivity index (χ1n) is 7.13. The minimum Gasteiger partial charge on any atom is -0.369 e. The van der Waals surface area contributed by atoms with Crippen molar-refractivity contribution in [2.75, 3.05) is 11.9 Å². The van der Waals surface area contributed by atoms with Crippen molar-refractivity contribution >= 4 is 11.6 Å². The molecule has 0 radical (unpaired) electrons. The van der Waals surface area contributed by atoms with Crippen molar-refractivity contribution in [1.82, 2.24) is 5.32 Å². The lowest BCUT2D eigenvalue weighted by atomic mass is 9.98. The number of fused-ring (bicyclic) bond motifs is 2. The standard InChI is InChI=1S/C15H20FN3O/c1-19(12-7-10-3-4-11(8-12)18-10)14-5-2-9(15(17)20)6-13(14)16/h2,5-6,10-12,18H,3-4,7-8H2,1H3,(H2,17,20). The highest BCUT2D eigenvalue weighted by atomic mass is 19.1. The molecule has 3 N–H and O–H groups in total. The molecule has 2 aliphatic heterocycles. The summed E-state index contributed by atoms with van der Waals surface area (Å²) in [5.74, 6) is -0.979. The van der Waals surface area contributed by atoms with Crippen LogP contribution in [0.5, 0.6) is 0 Å². The predicted octanol–water partition coefficient (Wildman–Crippen LogP) is 1.64. The number of carbonyl (C=O) groups excluding carboxylic acids is 1. The fraction of sp³-hybridized carbons (Fsp3) is 0.533. The maximum absolute atomic E-state index is 14.2. The lowest BCUT2D eigenvalue weighted by molar-refractivity contribution is 0.1000. The molecule has 2 atom stereocenters. The van der Waals surface area contributed by atoms with Crippen LogP contribution < -0.4 is 16.0 Å². The van der Waals surface area contributed by atoms with Crippen LogP contribution >= 0.6 is 0 Å². The first-order valence-corrected chi connectivity index (χ1v) is 7.13. The molecular formula is C15H20FN3O. The highest BCUT2D eigenvalue weighted by Gasteiger charge is 2.35. The predicted molar refractivity (Wildman–Crippen MR) is 76.3 cm³/mol. The van der Waals surface area contributed by atoms with E-state index in [1.54, 1.807) is 12.1 Å². The van der Waals surface area contributed by atoms with E-state index in [4.69, 9.17) is 5.73 Å². The van der Waals surface area contributed by atoms with E-state index in [2.05, 4.69) is 5.32 Å². The Morgan fingerprint density at radius 3 is 2.55 bits per heavy atom. The molecule has 0 spiro atoms. The van der Waals surface area contributed by atoms with E-state index in [9.17, 15) is 9.18 Å². The third-order valence-corrected chi connectivity index (χ3v) is 4.61. The summed E-state index contributed by atoms with van der Waals surface area (Å²) in [7, 11) is 1.93. The van der Waals surface area contributed by atoms with Crippen LogP contribution in [0, 0.1) is 5.82 Å². The summed E-state index contributed by atoms with van der Waals surface area (Å²) in [5.41, 5.74) is 5.92. The first-order chi connectivity index (χ1) is 9.54. The molecule has 2 fully saturated rings. The fourth-order valence-electron chi connectivity index (χ4n) is 3.49. The average molecular weight is 277 g/mol. The van der Waals surface area contributed by atoms with Gasteiger partial charge in [0.15, 0.2) is 0 Å². The normalized spacial score (nSPS) is 28.4. The summed E-state index contributed by atoms with van der Waals surface area (Å²) in [4.78, 5) is 13.1. The number of carbonyl (C=O) groups is 1. The molecule has 5 heteroatoms. The Bertz CT molecular complexity index is 522. The number of hydrogen-bond acceptors (Lipinski definition) is 3. The van der Waals surface area contributed by atoms with Gasteiger partial charge in [-0.3, -0.25) is 4.79 Å². The maximum atomic E-state index is 14.2. The molecule has 3 rings (SSSR count). The summed E-state index contributed by atoms with van der Waals surface area (Å²) < 4.78 is 14.2. The molecule has 4 nitrogen and oxygen atoms in total. The molecule has 0 aromatic heterocycles. The highest BCUT2D eigenvalue weighted by molar-refractivity contribution is 5.93. The molecule has 1 aromatic rings. The van der Waals surface area contributed by atoms with Gasteiger partial charge in [-0.2, -0.15) is 0 Å². The molecule has 2 aliphatic rings. The van der Waals surface area contributed by atoms with Gasteiger partial charge < -0.3 is 16.0 Å².